The van der Waals surface area contributed by atoms with Crippen LogP contribution in [0.4, 0.5) is 5.13 Å². The first-order chi connectivity index (χ1) is 8.72. The van der Waals surface area contributed by atoms with Crippen molar-refractivity contribution >= 4 is 38.3 Å². The molecule has 0 aliphatic carbocycles. The van der Waals surface area contributed by atoms with Crippen molar-refractivity contribution in [2.45, 2.75) is 25.8 Å². The van der Waals surface area contributed by atoms with Gasteiger partial charge in [0.1, 0.15) is 0 Å². The van der Waals surface area contributed by atoms with Crippen LogP contribution in [0.25, 0.3) is 10.2 Å². The number of thiazole rings is 1. The Morgan fingerprint density at radius 3 is 3.06 bits per heavy atom. The number of benzene rings is 1. The first-order valence-electron chi connectivity index (χ1n) is 6.04. The van der Waals surface area contributed by atoms with Crippen molar-refractivity contribution in [2.75, 3.05) is 19.0 Å². The lowest BCUT2D eigenvalue weighted by molar-refractivity contribution is 0.182. The van der Waals surface area contributed by atoms with Crippen molar-refractivity contribution in [1.29, 1.82) is 0 Å². The minimum absolute atomic E-state index is 0.316. The SMILES string of the molecule is CCCC(COC)Nc1nc2cc(Cl)ccc2s1. The summed E-state index contributed by atoms with van der Waals surface area (Å²) in [5.41, 5.74) is 0.947. The molecule has 0 bridgehead atoms. The third-order valence-electron chi connectivity index (χ3n) is 2.68. The number of rotatable bonds is 6. The number of hydrogen-bond acceptors (Lipinski definition) is 4. The standard InChI is InChI=1S/C13H17ClN2OS/c1-3-4-10(8-17-2)15-13-16-11-7-9(14)5-6-12(11)18-13/h5-7,10H,3-4,8H2,1-2H3,(H,15,16). The van der Waals surface area contributed by atoms with Gasteiger partial charge in [-0.1, -0.05) is 36.3 Å². The normalized spacial score (nSPS) is 12.8. The van der Waals surface area contributed by atoms with Gasteiger partial charge in [-0.15, -0.1) is 0 Å². The zero-order valence-corrected chi connectivity index (χ0v) is 12.1. The van der Waals surface area contributed by atoms with Crippen molar-refractivity contribution < 1.29 is 4.74 Å². The van der Waals surface area contributed by atoms with Gasteiger partial charge in [0.15, 0.2) is 5.13 Å². The van der Waals surface area contributed by atoms with E-state index in [-0.39, 0.29) is 0 Å². The molecule has 0 saturated carbocycles. The average molecular weight is 285 g/mol. The van der Waals surface area contributed by atoms with E-state index in [1.165, 1.54) is 0 Å². The highest BCUT2D eigenvalue weighted by Crippen LogP contribution is 2.28. The Balaban J connectivity index is 2.14. The summed E-state index contributed by atoms with van der Waals surface area (Å²) in [5.74, 6) is 0. The van der Waals surface area contributed by atoms with Gasteiger partial charge in [0.2, 0.25) is 0 Å². The van der Waals surface area contributed by atoms with Crippen LogP contribution in [0, 0.1) is 0 Å². The molecule has 0 aliphatic heterocycles. The van der Waals surface area contributed by atoms with Gasteiger partial charge in [-0.05, 0) is 24.6 Å². The number of fused-ring (bicyclic) bond motifs is 1. The first-order valence-corrected chi connectivity index (χ1v) is 7.24. The first kappa shape index (κ1) is 13.6. The van der Waals surface area contributed by atoms with Gasteiger partial charge in [-0.3, -0.25) is 0 Å². The van der Waals surface area contributed by atoms with Gasteiger partial charge >= 0.3 is 0 Å². The lowest BCUT2D eigenvalue weighted by atomic mass is 10.2. The van der Waals surface area contributed by atoms with Crippen LogP contribution in [0.3, 0.4) is 0 Å². The number of anilines is 1. The lowest BCUT2D eigenvalue weighted by Gasteiger charge is -2.15. The fourth-order valence-corrected chi connectivity index (χ4v) is 2.97. The quantitative estimate of drug-likeness (QED) is 0.864. The highest BCUT2D eigenvalue weighted by atomic mass is 35.5. The van der Waals surface area contributed by atoms with Crippen LogP contribution >= 0.6 is 22.9 Å². The molecule has 1 aromatic heterocycles. The zero-order chi connectivity index (χ0) is 13.0. The van der Waals surface area contributed by atoms with Crippen molar-refractivity contribution in [3.63, 3.8) is 0 Å². The van der Waals surface area contributed by atoms with E-state index in [9.17, 15) is 0 Å². The number of methoxy groups -OCH3 is 1. The molecule has 2 aromatic rings. The number of nitrogens with zero attached hydrogens (tertiary/aromatic N) is 1. The molecule has 2 rings (SSSR count). The summed E-state index contributed by atoms with van der Waals surface area (Å²) in [6, 6.07) is 6.11. The van der Waals surface area contributed by atoms with Crippen LogP contribution in [0.1, 0.15) is 19.8 Å². The van der Waals surface area contributed by atoms with E-state index < -0.39 is 0 Å². The number of nitrogens with one attached hydrogen (secondary N) is 1. The van der Waals surface area contributed by atoms with Gasteiger partial charge in [0.25, 0.3) is 0 Å². The molecule has 1 unspecified atom stereocenters. The van der Waals surface area contributed by atoms with Crippen molar-refractivity contribution in [1.82, 2.24) is 4.98 Å². The third kappa shape index (κ3) is 3.34. The Labute approximate surface area is 116 Å². The van der Waals surface area contributed by atoms with E-state index >= 15 is 0 Å². The summed E-state index contributed by atoms with van der Waals surface area (Å²) in [6.45, 7) is 2.87. The highest BCUT2D eigenvalue weighted by Gasteiger charge is 2.10. The summed E-state index contributed by atoms with van der Waals surface area (Å²) in [5, 5.41) is 5.09. The topological polar surface area (TPSA) is 34.1 Å². The Hall–Kier alpha value is -0.840. The summed E-state index contributed by atoms with van der Waals surface area (Å²) >= 11 is 7.61. The second-order valence-electron chi connectivity index (χ2n) is 4.22. The molecule has 0 radical (unpaired) electrons. The molecule has 0 saturated heterocycles. The lowest BCUT2D eigenvalue weighted by Crippen LogP contribution is -2.24. The smallest absolute Gasteiger partial charge is 0.184 e. The zero-order valence-electron chi connectivity index (χ0n) is 10.6. The third-order valence-corrected chi connectivity index (χ3v) is 3.88. The van der Waals surface area contributed by atoms with E-state index in [0.29, 0.717) is 12.6 Å². The number of halogens is 1. The summed E-state index contributed by atoms with van der Waals surface area (Å²) in [7, 11) is 1.72. The number of aromatic nitrogens is 1. The summed E-state index contributed by atoms with van der Waals surface area (Å²) in [6.07, 6.45) is 2.20. The Kier molecular flexibility index (Phi) is 4.80. The molecule has 18 heavy (non-hydrogen) atoms. The number of ether oxygens (including phenoxy) is 1. The molecule has 0 amide bonds. The molecule has 3 nitrogen and oxygen atoms in total. The predicted octanol–water partition coefficient (Wildman–Crippen LogP) is 4.18. The van der Waals surface area contributed by atoms with Crippen molar-refractivity contribution in [2.24, 2.45) is 0 Å². The van der Waals surface area contributed by atoms with Crippen LogP contribution in [0.2, 0.25) is 5.02 Å². The van der Waals surface area contributed by atoms with Crippen LogP contribution in [-0.2, 0) is 4.74 Å². The van der Waals surface area contributed by atoms with Crippen LogP contribution in [-0.4, -0.2) is 24.7 Å². The number of hydrogen-bond donors (Lipinski definition) is 1. The molecule has 1 heterocycles. The maximum Gasteiger partial charge on any atom is 0.184 e. The van der Waals surface area contributed by atoms with Crippen molar-refractivity contribution in [3.05, 3.63) is 23.2 Å². The summed E-state index contributed by atoms with van der Waals surface area (Å²) < 4.78 is 6.36. The molecule has 0 spiro atoms. The molecular weight excluding hydrogens is 268 g/mol. The monoisotopic (exact) mass is 284 g/mol. The van der Waals surface area contributed by atoms with Crippen LogP contribution < -0.4 is 5.32 Å². The fraction of sp³-hybridized carbons (Fsp3) is 0.462. The maximum absolute atomic E-state index is 5.96. The predicted molar refractivity (Wildman–Crippen MR) is 78.8 cm³/mol. The Bertz CT molecular complexity index is 509. The minimum Gasteiger partial charge on any atom is -0.383 e. The van der Waals surface area contributed by atoms with Crippen LogP contribution in [0.15, 0.2) is 18.2 Å². The molecule has 98 valence electrons. The van der Waals surface area contributed by atoms with E-state index in [0.717, 1.165) is 33.2 Å². The molecule has 0 fully saturated rings. The highest BCUT2D eigenvalue weighted by molar-refractivity contribution is 7.22. The van der Waals surface area contributed by atoms with Gasteiger partial charge in [-0.2, -0.15) is 0 Å². The molecule has 1 N–H and O–H groups in total. The second-order valence-corrected chi connectivity index (χ2v) is 5.68. The minimum atomic E-state index is 0.316. The Morgan fingerprint density at radius 2 is 2.33 bits per heavy atom. The van der Waals surface area contributed by atoms with E-state index in [2.05, 4.69) is 17.2 Å². The maximum atomic E-state index is 5.96. The van der Waals surface area contributed by atoms with Gasteiger partial charge < -0.3 is 10.1 Å². The van der Waals surface area contributed by atoms with E-state index in [1.54, 1.807) is 18.4 Å². The largest absolute Gasteiger partial charge is 0.383 e. The Morgan fingerprint density at radius 1 is 1.50 bits per heavy atom. The van der Waals surface area contributed by atoms with Crippen molar-refractivity contribution in [3.8, 4) is 0 Å². The molecule has 0 aliphatic rings. The molecular formula is C13H17ClN2OS. The van der Waals surface area contributed by atoms with Gasteiger partial charge in [0.05, 0.1) is 22.9 Å². The van der Waals surface area contributed by atoms with Crippen LogP contribution in [0.5, 0.6) is 0 Å². The van der Waals surface area contributed by atoms with E-state index in [4.69, 9.17) is 16.3 Å². The van der Waals surface area contributed by atoms with Gasteiger partial charge in [0, 0.05) is 12.1 Å². The molecule has 1 aromatic carbocycles. The van der Waals surface area contributed by atoms with Gasteiger partial charge in [-0.25, -0.2) is 4.98 Å². The second kappa shape index (κ2) is 6.36. The summed E-state index contributed by atoms with van der Waals surface area (Å²) in [4.78, 5) is 4.55. The van der Waals surface area contributed by atoms with E-state index in [1.807, 2.05) is 18.2 Å². The fourth-order valence-electron chi connectivity index (χ4n) is 1.88. The molecule has 1 atom stereocenters. The average Bonchev–Trinajstić information content (AvgIpc) is 2.71. The molecule has 5 heteroatoms.